The molecule has 0 aliphatic carbocycles. The highest BCUT2D eigenvalue weighted by atomic mass is 16.2. The Kier molecular flexibility index (Phi) is 3.43. The van der Waals surface area contributed by atoms with Gasteiger partial charge in [0.15, 0.2) is 0 Å². The van der Waals surface area contributed by atoms with Crippen LogP contribution in [0.15, 0.2) is 10.2 Å². The van der Waals surface area contributed by atoms with Crippen molar-refractivity contribution >= 4 is 17.6 Å². The minimum Gasteiger partial charge on any atom is -0.350 e. The average molecular weight is 157 g/mol. The number of amidine groups is 1. The fourth-order valence-corrected chi connectivity index (χ4v) is 0.290. The number of ketones is 1. The van der Waals surface area contributed by atoms with Crippen LogP contribution in [0.2, 0.25) is 0 Å². The van der Waals surface area contributed by atoms with E-state index in [-0.39, 0.29) is 0 Å². The first-order valence-corrected chi connectivity index (χ1v) is 2.59. The number of rotatable bonds is 2. The second-order valence-electron chi connectivity index (χ2n) is 1.58. The molecule has 0 fully saturated rings. The Hall–Kier alpha value is -1.79. The molecule has 60 valence electrons. The molecule has 7 nitrogen and oxygen atoms in total. The molecule has 0 aromatic heterocycles. The van der Waals surface area contributed by atoms with E-state index in [1.807, 2.05) is 0 Å². The molecule has 0 aromatic carbocycles. The van der Waals surface area contributed by atoms with Gasteiger partial charge in [-0.15, -0.1) is 10.2 Å². The standard InChI is InChI=1S/C4H7N5O2/c1-2(10)3(7-6)8-9-4(5)11/h6H,1H3,(H3,5,9,11)/b7-6?,8-3-. The summed E-state index contributed by atoms with van der Waals surface area (Å²) in [6, 6.07) is -0.910. The van der Waals surface area contributed by atoms with E-state index in [1.54, 1.807) is 5.43 Å². The van der Waals surface area contributed by atoms with E-state index in [2.05, 4.69) is 15.9 Å². The van der Waals surface area contributed by atoms with Gasteiger partial charge in [-0.1, -0.05) is 0 Å². The Bertz CT molecular complexity index is 221. The predicted octanol–water partition coefficient (Wildman–Crippen LogP) is -0.412. The van der Waals surface area contributed by atoms with Crippen molar-refractivity contribution < 1.29 is 9.59 Å². The second kappa shape index (κ2) is 4.09. The first-order valence-electron chi connectivity index (χ1n) is 2.59. The van der Waals surface area contributed by atoms with Crippen molar-refractivity contribution in [2.75, 3.05) is 0 Å². The third-order valence-corrected chi connectivity index (χ3v) is 0.693. The SMILES string of the molecule is CC(=O)/C(N=N)=N/NC(N)=O. The van der Waals surface area contributed by atoms with Gasteiger partial charge in [0.2, 0.25) is 11.6 Å². The van der Waals surface area contributed by atoms with Crippen LogP contribution in [0, 0.1) is 5.53 Å². The average Bonchev–Trinajstić information content (AvgIpc) is 1.87. The molecule has 0 atom stereocenters. The van der Waals surface area contributed by atoms with Crippen LogP contribution in [0.3, 0.4) is 0 Å². The molecule has 0 unspecified atom stereocenters. The topological polar surface area (TPSA) is 121 Å². The molecule has 0 aliphatic rings. The highest BCUT2D eigenvalue weighted by Gasteiger charge is 2.02. The van der Waals surface area contributed by atoms with E-state index in [1.165, 1.54) is 6.92 Å². The third-order valence-electron chi connectivity index (χ3n) is 0.693. The zero-order valence-corrected chi connectivity index (χ0v) is 5.79. The zero-order chi connectivity index (χ0) is 8.85. The lowest BCUT2D eigenvalue weighted by Crippen LogP contribution is -2.26. The molecule has 2 amide bonds. The molecule has 0 saturated carbocycles. The molecule has 0 aliphatic heterocycles. The summed E-state index contributed by atoms with van der Waals surface area (Å²) in [5.41, 5.74) is 12.8. The van der Waals surface area contributed by atoms with Gasteiger partial charge in [-0.3, -0.25) is 4.79 Å². The van der Waals surface area contributed by atoms with Gasteiger partial charge in [-0.05, 0) is 0 Å². The number of primary amides is 1. The zero-order valence-electron chi connectivity index (χ0n) is 5.79. The molecule has 0 radical (unpaired) electrons. The molecular weight excluding hydrogens is 150 g/mol. The number of nitrogens with one attached hydrogen (secondary N) is 2. The largest absolute Gasteiger partial charge is 0.350 e. The summed E-state index contributed by atoms with van der Waals surface area (Å²) < 4.78 is 0. The monoisotopic (exact) mass is 157 g/mol. The fourth-order valence-electron chi connectivity index (χ4n) is 0.290. The number of hydrogen-bond donors (Lipinski definition) is 3. The summed E-state index contributed by atoms with van der Waals surface area (Å²) >= 11 is 0. The van der Waals surface area contributed by atoms with Crippen LogP contribution in [0.25, 0.3) is 0 Å². The van der Waals surface area contributed by atoms with Gasteiger partial charge in [0.25, 0.3) is 0 Å². The molecule has 0 heterocycles. The highest BCUT2D eigenvalue weighted by molar-refractivity contribution is 6.38. The van der Waals surface area contributed by atoms with Crippen molar-refractivity contribution in [1.82, 2.24) is 5.43 Å². The number of hydrazone groups is 1. The predicted molar refractivity (Wildman–Crippen MR) is 36.0 cm³/mol. The maximum absolute atomic E-state index is 10.5. The Balaban J connectivity index is 4.24. The van der Waals surface area contributed by atoms with Gasteiger partial charge in [0.05, 0.1) is 0 Å². The summed E-state index contributed by atoms with van der Waals surface area (Å²) in [7, 11) is 0. The van der Waals surface area contributed by atoms with Crippen molar-refractivity contribution in [2.45, 2.75) is 6.92 Å². The highest BCUT2D eigenvalue weighted by Crippen LogP contribution is 1.80. The maximum Gasteiger partial charge on any atom is 0.332 e. The van der Waals surface area contributed by atoms with Gasteiger partial charge < -0.3 is 5.73 Å². The molecule has 0 bridgehead atoms. The fraction of sp³-hybridized carbons (Fsp3) is 0.250. The van der Waals surface area contributed by atoms with Gasteiger partial charge in [-0.2, -0.15) is 0 Å². The number of amides is 2. The van der Waals surface area contributed by atoms with Crippen molar-refractivity contribution in [2.24, 2.45) is 15.9 Å². The first kappa shape index (κ1) is 9.21. The number of nitrogens with zero attached hydrogens (tertiary/aromatic N) is 2. The van der Waals surface area contributed by atoms with E-state index in [0.717, 1.165) is 0 Å². The minimum atomic E-state index is -0.910. The first-order chi connectivity index (χ1) is 5.07. The normalized spacial score (nSPS) is 10.5. The van der Waals surface area contributed by atoms with Crippen molar-refractivity contribution in [3.8, 4) is 0 Å². The summed E-state index contributed by atoms with van der Waals surface area (Å²) in [6.07, 6.45) is 0. The third kappa shape index (κ3) is 3.73. The number of urea groups is 1. The van der Waals surface area contributed by atoms with E-state index >= 15 is 0 Å². The molecule has 0 saturated heterocycles. The van der Waals surface area contributed by atoms with Crippen LogP contribution >= 0.6 is 0 Å². The Labute approximate surface area is 62.1 Å². The Morgan fingerprint density at radius 3 is 2.36 bits per heavy atom. The number of Topliss-reactive ketones (excluding diaryl/α,β-unsaturated/α-hetero) is 1. The molecule has 7 heteroatoms. The van der Waals surface area contributed by atoms with Crippen LogP contribution in [-0.2, 0) is 4.79 Å². The van der Waals surface area contributed by atoms with Crippen LogP contribution in [-0.4, -0.2) is 17.6 Å². The Morgan fingerprint density at radius 2 is 2.09 bits per heavy atom. The summed E-state index contributed by atoms with van der Waals surface area (Å²) in [6.45, 7) is 1.17. The van der Waals surface area contributed by atoms with Gasteiger partial charge >= 0.3 is 6.03 Å². The van der Waals surface area contributed by atoms with Crippen molar-refractivity contribution in [3.63, 3.8) is 0 Å². The van der Waals surface area contributed by atoms with Gasteiger partial charge in [0.1, 0.15) is 0 Å². The molecule has 0 spiro atoms. The molecule has 0 aromatic rings. The van der Waals surface area contributed by atoms with Crippen molar-refractivity contribution in [1.29, 1.82) is 5.53 Å². The lowest BCUT2D eigenvalue weighted by atomic mass is 10.4. The van der Waals surface area contributed by atoms with E-state index in [0.29, 0.717) is 0 Å². The minimum absolute atomic E-state index is 0.399. The molecule has 11 heavy (non-hydrogen) atoms. The summed E-state index contributed by atoms with van der Waals surface area (Å²) in [4.78, 5) is 20.5. The van der Waals surface area contributed by atoms with E-state index in [4.69, 9.17) is 5.53 Å². The lowest BCUT2D eigenvalue weighted by molar-refractivity contribution is -0.111. The lowest BCUT2D eigenvalue weighted by Gasteiger charge is -1.92. The number of hydrogen-bond acceptors (Lipinski definition) is 4. The van der Waals surface area contributed by atoms with Gasteiger partial charge in [0, 0.05) is 6.92 Å². The van der Waals surface area contributed by atoms with Gasteiger partial charge in [-0.25, -0.2) is 15.8 Å². The van der Waals surface area contributed by atoms with Crippen LogP contribution < -0.4 is 11.2 Å². The maximum atomic E-state index is 10.5. The summed E-state index contributed by atoms with van der Waals surface area (Å²) in [5, 5.41) is 5.87. The summed E-state index contributed by atoms with van der Waals surface area (Å²) in [5.74, 6) is -0.919. The number of carbonyl (C=O) groups excluding carboxylic acids is 2. The molecular formula is C4H7N5O2. The number of carbonyl (C=O) groups is 2. The van der Waals surface area contributed by atoms with Crippen LogP contribution in [0.5, 0.6) is 0 Å². The molecule has 0 rings (SSSR count). The second-order valence-corrected chi connectivity index (χ2v) is 1.58. The molecule has 4 N–H and O–H groups in total. The quantitative estimate of drug-likeness (QED) is 0.218. The Morgan fingerprint density at radius 1 is 1.55 bits per heavy atom. The van der Waals surface area contributed by atoms with Crippen LogP contribution in [0.1, 0.15) is 6.92 Å². The van der Waals surface area contributed by atoms with E-state index < -0.39 is 17.6 Å². The number of nitrogens with two attached hydrogens (primary N) is 1. The van der Waals surface area contributed by atoms with Crippen molar-refractivity contribution in [3.05, 3.63) is 0 Å². The van der Waals surface area contributed by atoms with Crippen LogP contribution in [0.4, 0.5) is 4.79 Å². The smallest absolute Gasteiger partial charge is 0.332 e. The van der Waals surface area contributed by atoms with E-state index in [9.17, 15) is 9.59 Å².